The van der Waals surface area contributed by atoms with Crippen LogP contribution in [0.1, 0.15) is 11.1 Å². The third-order valence-electron chi connectivity index (χ3n) is 4.84. The zero-order valence-corrected chi connectivity index (χ0v) is 17.7. The van der Waals surface area contributed by atoms with Crippen molar-refractivity contribution in [3.05, 3.63) is 29.3 Å². The summed E-state index contributed by atoms with van der Waals surface area (Å²) in [7, 11) is -1.18. The number of aliphatic imine (C=N–C) groups is 1. The molecule has 1 saturated heterocycles. The third kappa shape index (κ3) is 6.70. The van der Waals surface area contributed by atoms with Crippen LogP contribution in [0.3, 0.4) is 0 Å². The molecular formula is C19H32N4O3S. The first-order valence-electron chi connectivity index (χ1n) is 9.34. The first kappa shape index (κ1) is 21.5. The Hall–Kier alpha value is -1.80. The molecule has 0 unspecified atom stereocenters. The van der Waals surface area contributed by atoms with Crippen LogP contribution < -0.4 is 10.2 Å². The normalized spacial score (nSPS) is 15.9. The van der Waals surface area contributed by atoms with Gasteiger partial charge >= 0.3 is 0 Å². The van der Waals surface area contributed by atoms with Gasteiger partial charge in [-0.3, -0.25) is 4.99 Å². The maximum atomic E-state index is 11.1. The molecule has 1 aromatic rings. The Bertz CT molecular complexity index is 741. The smallest absolute Gasteiger partial charge is 0.193 e. The lowest BCUT2D eigenvalue weighted by molar-refractivity contribution is 0.153. The highest BCUT2D eigenvalue weighted by molar-refractivity contribution is 7.90. The van der Waals surface area contributed by atoms with Crippen molar-refractivity contribution in [1.82, 2.24) is 10.2 Å². The second-order valence-corrected chi connectivity index (χ2v) is 9.17. The molecule has 0 bridgehead atoms. The summed E-state index contributed by atoms with van der Waals surface area (Å²) in [6.07, 6.45) is 1.22. The zero-order chi connectivity index (χ0) is 19.9. The number of rotatable bonds is 7. The lowest BCUT2D eigenvalue weighted by Gasteiger charge is -2.38. The molecule has 0 radical (unpaired) electrons. The van der Waals surface area contributed by atoms with Gasteiger partial charge in [-0.1, -0.05) is 12.1 Å². The summed E-state index contributed by atoms with van der Waals surface area (Å²) < 4.78 is 27.5. The Morgan fingerprint density at radius 3 is 2.52 bits per heavy atom. The largest absolute Gasteiger partial charge is 0.379 e. The quantitative estimate of drug-likeness (QED) is 0.422. The number of benzene rings is 1. The van der Waals surface area contributed by atoms with Gasteiger partial charge in [0.05, 0.1) is 19.0 Å². The molecule has 0 atom stereocenters. The first-order valence-corrected chi connectivity index (χ1v) is 11.4. The summed E-state index contributed by atoms with van der Waals surface area (Å²) in [5, 5.41) is 3.29. The van der Waals surface area contributed by atoms with Crippen molar-refractivity contribution >= 4 is 21.5 Å². The van der Waals surface area contributed by atoms with Gasteiger partial charge in [-0.25, -0.2) is 8.42 Å². The van der Waals surface area contributed by atoms with Crippen LogP contribution in [0.5, 0.6) is 0 Å². The van der Waals surface area contributed by atoms with Crippen molar-refractivity contribution in [3.8, 4) is 0 Å². The number of guanidine groups is 1. The predicted molar refractivity (Wildman–Crippen MR) is 112 cm³/mol. The van der Waals surface area contributed by atoms with E-state index in [2.05, 4.69) is 52.2 Å². The van der Waals surface area contributed by atoms with E-state index in [9.17, 15) is 8.42 Å². The Morgan fingerprint density at radius 2 is 1.89 bits per heavy atom. The first-order chi connectivity index (χ1) is 12.8. The van der Waals surface area contributed by atoms with Crippen molar-refractivity contribution in [1.29, 1.82) is 0 Å². The topological polar surface area (TPSA) is 74.2 Å². The summed E-state index contributed by atoms with van der Waals surface area (Å²) in [5.41, 5.74) is 3.99. The highest BCUT2D eigenvalue weighted by Gasteiger charge is 2.20. The van der Waals surface area contributed by atoms with Crippen molar-refractivity contribution in [2.24, 2.45) is 4.99 Å². The maximum Gasteiger partial charge on any atom is 0.193 e. The van der Waals surface area contributed by atoms with Gasteiger partial charge in [0.1, 0.15) is 9.84 Å². The standard InChI is InChI=1S/C19H32N4O3S/c1-16-6-5-7-18(17(16)2)22-9-11-23(12-10-22)19(20-3)21-8-13-26-14-15-27(4,24)25/h5-7H,8-15H2,1-4H3,(H,20,21). The van der Waals surface area contributed by atoms with Crippen molar-refractivity contribution in [2.75, 3.05) is 69.9 Å². The van der Waals surface area contributed by atoms with Crippen LogP contribution in [0.15, 0.2) is 23.2 Å². The van der Waals surface area contributed by atoms with Crippen molar-refractivity contribution < 1.29 is 13.2 Å². The van der Waals surface area contributed by atoms with Crippen LogP contribution in [0.4, 0.5) is 5.69 Å². The molecule has 7 nitrogen and oxygen atoms in total. The monoisotopic (exact) mass is 396 g/mol. The van der Waals surface area contributed by atoms with Crippen LogP contribution in [0.2, 0.25) is 0 Å². The van der Waals surface area contributed by atoms with E-state index in [1.807, 2.05) is 0 Å². The lowest BCUT2D eigenvalue weighted by Crippen LogP contribution is -2.53. The minimum Gasteiger partial charge on any atom is -0.379 e. The molecule has 0 aliphatic carbocycles. The summed E-state index contributed by atoms with van der Waals surface area (Å²) in [6, 6.07) is 6.46. The summed E-state index contributed by atoms with van der Waals surface area (Å²) in [4.78, 5) is 9.04. The van der Waals surface area contributed by atoms with Gasteiger partial charge in [0.15, 0.2) is 5.96 Å². The van der Waals surface area contributed by atoms with Gasteiger partial charge < -0.3 is 19.9 Å². The van der Waals surface area contributed by atoms with Crippen LogP contribution in [-0.2, 0) is 14.6 Å². The van der Waals surface area contributed by atoms with Gasteiger partial charge in [0.2, 0.25) is 0 Å². The molecule has 0 spiro atoms. The predicted octanol–water partition coefficient (Wildman–Crippen LogP) is 1.06. The molecule has 152 valence electrons. The van der Waals surface area contributed by atoms with E-state index in [-0.39, 0.29) is 12.4 Å². The van der Waals surface area contributed by atoms with Crippen LogP contribution in [-0.4, -0.2) is 84.3 Å². The van der Waals surface area contributed by atoms with E-state index in [1.54, 1.807) is 7.05 Å². The molecule has 0 amide bonds. The van der Waals surface area contributed by atoms with E-state index in [4.69, 9.17) is 4.74 Å². The number of nitrogens with zero attached hydrogens (tertiary/aromatic N) is 3. The molecule has 2 rings (SSSR count). The number of sulfone groups is 1. The van der Waals surface area contributed by atoms with E-state index < -0.39 is 9.84 Å². The summed E-state index contributed by atoms with van der Waals surface area (Å²) in [5.74, 6) is 0.921. The van der Waals surface area contributed by atoms with Gasteiger partial charge in [-0.15, -0.1) is 0 Å². The summed E-state index contributed by atoms with van der Waals surface area (Å²) in [6.45, 7) is 9.34. The fourth-order valence-electron chi connectivity index (χ4n) is 3.12. The lowest BCUT2D eigenvalue weighted by atomic mass is 10.1. The highest BCUT2D eigenvalue weighted by atomic mass is 32.2. The molecule has 1 aromatic carbocycles. The molecule has 0 saturated carbocycles. The molecule has 27 heavy (non-hydrogen) atoms. The van der Waals surface area contributed by atoms with Crippen LogP contribution in [0, 0.1) is 13.8 Å². The fraction of sp³-hybridized carbons (Fsp3) is 0.632. The fourth-order valence-corrected chi connectivity index (χ4v) is 3.54. The third-order valence-corrected chi connectivity index (χ3v) is 5.74. The van der Waals surface area contributed by atoms with Gasteiger partial charge in [0.25, 0.3) is 0 Å². The number of nitrogens with one attached hydrogen (secondary N) is 1. The summed E-state index contributed by atoms with van der Waals surface area (Å²) >= 11 is 0. The van der Waals surface area contributed by atoms with Crippen molar-refractivity contribution in [3.63, 3.8) is 0 Å². The second-order valence-electron chi connectivity index (χ2n) is 6.91. The Labute approximate surface area is 163 Å². The SMILES string of the molecule is CN=C(NCCOCCS(C)(=O)=O)N1CCN(c2cccc(C)c2C)CC1. The number of ether oxygens (including phenoxy) is 1. The molecule has 1 fully saturated rings. The highest BCUT2D eigenvalue weighted by Crippen LogP contribution is 2.23. The van der Waals surface area contributed by atoms with E-state index in [1.165, 1.54) is 23.1 Å². The van der Waals surface area contributed by atoms with E-state index in [0.29, 0.717) is 13.2 Å². The minimum absolute atomic E-state index is 0.0576. The number of hydrogen-bond donors (Lipinski definition) is 1. The minimum atomic E-state index is -2.97. The molecule has 0 aromatic heterocycles. The molecule has 8 heteroatoms. The van der Waals surface area contributed by atoms with Gasteiger partial charge in [-0.05, 0) is 31.0 Å². The Morgan fingerprint density at radius 1 is 1.19 bits per heavy atom. The number of anilines is 1. The molecule has 1 heterocycles. The van der Waals surface area contributed by atoms with Crippen LogP contribution in [0.25, 0.3) is 0 Å². The number of piperazine rings is 1. The van der Waals surface area contributed by atoms with Crippen LogP contribution >= 0.6 is 0 Å². The molecule has 1 N–H and O–H groups in total. The maximum absolute atomic E-state index is 11.1. The van der Waals surface area contributed by atoms with Gasteiger partial charge in [0, 0.05) is 51.7 Å². The number of hydrogen-bond acceptors (Lipinski definition) is 5. The number of aryl methyl sites for hydroxylation is 1. The van der Waals surface area contributed by atoms with Gasteiger partial charge in [-0.2, -0.15) is 0 Å². The molecular weight excluding hydrogens is 364 g/mol. The van der Waals surface area contributed by atoms with E-state index >= 15 is 0 Å². The molecule has 1 aliphatic heterocycles. The second kappa shape index (κ2) is 9.94. The Kier molecular flexibility index (Phi) is 7.91. The van der Waals surface area contributed by atoms with Crippen molar-refractivity contribution in [2.45, 2.75) is 13.8 Å². The van der Waals surface area contributed by atoms with E-state index in [0.717, 1.165) is 32.1 Å². The average Bonchev–Trinajstić information content (AvgIpc) is 2.63. The zero-order valence-electron chi connectivity index (χ0n) is 16.9. The Balaban J connectivity index is 1.76. The average molecular weight is 397 g/mol. The molecule has 1 aliphatic rings.